The summed E-state index contributed by atoms with van der Waals surface area (Å²) in [5.41, 5.74) is 2.53. The van der Waals surface area contributed by atoms with Gasteiger partial charge in [-0.15, -0.1) is 11.3 Å². The number of hydrogen-bond acceptors (Lipinski definition) is 2. The van der Waals surface area contributed by atoms with Gasteiger partial charge in [-0.25, -0.2) is 4.98 Å². The van der Waals surface area contributed by atoms with Crippen molar-refractivity contribution in [2.45, 2.75) is 38.9 Å². The highest BCUT2D eigenvalue weighted by molar-refractivity contribution is 7.17. The van der Waals surface area contributed by atoms with Crippen molar-refractivity contribution in [3.8, 4) is 11.5 Å². The molecule has 3 aromatic heterocycles. The molecule has 124 valence electrons. The van der Waals surface area contributed by atoms with Crippen LogP contribution in [0.4, 0.5) is 13.2 Å². The molecule has 0 spiro atoms. The fraction of sp³-hybridized carbons (Fsp3) is 0.438. The summed E-state index contributed by atoms with van der Waals surface area (Å²) in [5, 5.41) is 2.03. The van der Waals surface area contributed by atoms with Gasteiger partial charge in [0.25, 0.3) is 0 Å². The van der Waals surface area contributed by atoms with Gasteiger partial charge in [-0.3, -0.25) is 0 Å². The Hall–Kier alpha value is -1.76. The number of halogens is 3. The maximum Gasteiger partial charge on any atom is 0.389 e. The first kappa shape index (κ1) is 16.1. The van der Waals surface area contributed by atoms with Gasteiger partial charge in [0.05, 0.1) is 28.0 Å². The van der Waals surface area contributed by atoms with E-state index in [9.17, 15) is 13.2 Å². The van der Waals surface area contributed by atoms with E-state index in [0.29, 0.717) is 12.2 Å². The Kier molecular flexibility index (Phi) is 4.00. The molecule has 0 aliphatic heterocycles. The summed E-state index contributed by atoms with van der Waals surface area (Å²) in [4.78, 5) is 4.52. The molecule has 0 N–H and O–H groups in total. The third-order valence-corrected chi connectivity index (χ3v) is 4.92. The van der Waals surface area contributed by atoms with E-state index < -0.39 is 18.5 Å². The first-order chi connectivity index (χ1) is 10.8. The average molecular weight is 341 g/mol. The predicted octanol–water partition coefficient (Wildman–Crippen LogP) is 5.18. The van der Waals surface area contributed by atoms with E-state index in [1.165, 1.54) is 0 Å². The van der Waals surface area contributed by atoms with Crippen molar-refractivity contribution in [3.63, 3.8) is 0 Å². The minimum Gasteiger partial charge on any atom is -0.340 e. The summed E-state index contributed by atoms with van der Waals surface area (Å²) in [6.45, 7) is 4.21. The Balaban J connectivity index is 2.02. The fourth-order valence-electron chi connectivity index (χ4n) is 2.84. The molecular formula is C16H18F3N3S. The monoisotopic (exact) mass is 341 g/mol. The van der Waals surface area contributed by atoms with Crippen LogP contribution in [0.2, 0.25) is 0 Å². The summed E-state index contributed by atoms with van der Waals surface area (Å²) in [5.74, 6) is 0.0744. The van der Waals surface area contributed by atoms with Crippen LogP contribution < -0.4 is 0 Å². The molecule has 3 nitrogen and oxygen atoms in total. The summed E-state index contributed by atoms with van der Waals surface area (Å²) in [6.07, 6.45) is -3.29. The number of thiophene rings is 1. The third kappa shape index (κ3) is 3.02. The van der Waals surface area contributed by atoms with Crippen molar-refractivity contribution < 1.29 is 13.2 Å². The van der Waals surface area contributed by atoms with Gasteiger partial charge in [0.1, 0.15) is 0 Å². The second kappa shape index (κ2) is 5.70. The first-order valence-electron chi connectivity index (χ1n) is 7.47. The van der Waals surface area contributed by atoms with Crippen molar-refractivity contribution >= 4 is 21.6 Å². The Morgan fingerprint density at radius 1 is 1.35 bits per heavy atom. The van der Waals surface area contributed by atoms with Crippen molar-refractivity contribution in [1.82, 2.24) is 14.1 Å². The lowest BCUT2D eigenvalue weighted by molar-refractivity contribution is -0.138. The Bertz CT molecular complexity index is 825. The number of aromatic nitrogens is 3. The van der Waals surface area contributed by atoms with Gasteiger partial charge in [0.2, 0.25) is 0 Å². The summed E-state index contributed by atoms with van der Waals surface area (Å²) in [7, 11) is 1.96. The van der Waals surface area contributed by atoms with E-state index in [1.54, 1.807) is 24.5 Å². The van der Waals surface area contributed by atoms with E-state index in [-0.39, 0.29) is 0 Å². The van der Waals surface area contributed by atoms with Gasteiger partial charge in [0, 0.05) is 25.7 Å². The molecular weight excluding hydrogens is 323 g/mol. The molecule has 3 aromatic rings. The molecule has 1 unspecified atom stereocenters. The molecule has 23 heavy (non-hydrogen) atoms. The number of aryl methyl sites for hydroxylation is 2. The highest BCUT2D eigenvalue weighted by Crippen LogP contribution is 2.34. The van der Waals surface area contributed by atoms with Crippen LogP contribution in [0.1, 0.15) is 31.9 Å². The zero-order chi connectivity index (χ0) is 16.8. The van der Waals surface area contributed by atoms with E-state index in [2.05, 4.69) is 4.98 Å². The first-order valence-corrected chi connectivity index (χ1v) is 8.35. The highest BCUT2D eigenvalue weighted by Gasteiger charge is 2.32. The lowest BCUT2D eigenvalue weighted by Gasteiger charge is -2.11. The van der Waals surface area contributed by atoms with Crippen molar-refractivity contribution in [2.24, 2.45) is 7.05 Å². The lowest BCUT2D eigenvalue weighted by Crippen LogP contribution is -2.12. The Morgan fingerprint density at radius 2 is 2.09 bits per heavy atom. The lowest BCUT2D eigenvalue weighted by atomic mass is 10.0. The van der Waals surface area contributed by atoms with E-state index in [4.69, 9.17) is 0 Å². The molecule has 1 atom stereocenters. The number of imidazole rings is 1. The molecule has 0 saturated heterocycles. The predicted molar refractivity (Wildman–Crippen MR) is 86.8 cm³/mol. The van der Waals surface area contributed by atoms with Crippen molar-refractivity contribution in [2.75, 3.05) is 0 Å². The van der Waals surface area contributed by atoms with E-state index >= 15 is 0 Å². The summed E-state index contributed by atoms with van der Waals surface area (Å²) in [6, 6.07) is 4.09. The van der Waals surface area contributed by atoms with Crippen LogP contribution in [0, 0.1) is 0 Å². The van der Waals surface area contributed by atoms with Gasteiger partial charge >= 0.3 is 6.18 Å². The molecule has 0 aliphatic carbocycles. The van der Waals surface area contributed by atoms with Crippen LogP contribution >= 0.6 is 11.3 Å². The van der Waals surface area contributed by atoms with Gasteiger partial charge < -0.3 is 9.13 Å². The van der Waals surface area contributed by atoms with Gasteiger partial charge in [-0.1, -0.05) is 6.92 Å². The smallest absolute Gasteiger partial charge is 0.340 e. The van der Waals surface area contributed by atoms with Crippen molar-refractivity contribution in [1.29, 1.82) is 0 Å². The van der Waals surface area contributed by atoms with Crippen LogP contribution in [0.5, 0.6) is 0 Å². The maximum atomic E-state index is 12.6. The van der Waals surface area contributed by atoms with E-state index in [0.717, 1.165) is 21.7 Å². The second-order valence-electron chi connectivity index (χ2n) is 5.75. The topological polar surface area (TPSA) is 22.8 Å². The van der Waals surface area contributed by atoms with Gasteiger partial charge in [0.15, 0.2) is 5.82 Å². The van der Waals surface area contributed by atoms with Crippen LogP contribution in [-0.4, -0.2) is 20.3 Å². The molecule has 0 radical (unpaired) electrons. The molecule has 0 amide bonds. The van der Waals surface area contributed by atoms with Crippen LogP contribution in [0.25, 0.3) is 21.7 Å². The standard InChI is InChI=1S/C16H18F3N3S/c1-4-22-9-11(10(2)8-16(17,18)19)20-15(22)13-7-14-12(21(13)3)5-6-23-14/h5-7,9-10H,4,8H2,1-3H3. The van der Waals surface area contributed by atoms with Gasteiger partial charge in [-0.05, 0) is 24.4 Å². The van der Waals surface area contributed by atoms with E-state index in [1.807, 2.05) is 40.6 Å². The molecule has 0 aliphatic rings. The fourth-order valence-corrected chi connectivity index (χ4v) is 3.68. The molecule has 0 bridgehead atoms. The zero-order valence-electron chi connectivity index (χ0n) is 13.2. The molecule has 0 saturated carbocycles. The van der Waals surface area contributed by atoms with Crippen molar-refractivity contribution in [3.05, 3.63) is 29.4 Å². The normalized spacial score (nSPS) is 13.8. The SMILES string of the molecule is CCn1cc(C(C)CC(F)(F)F)nc1-c1cc2sccc2n1C. The quantitative estimate of drug-likeness (QED) is 0.641. The number of alkyl halides is 3. The summed E-state index contributed by atoms with van der Waals surface area (Å²) >= 11 is 1.64. The summed E-state index contributed by atoms with van der Waals surface area (Å²) < 4.78 is 43.0. The van der Waals surface area contributed by atoms with Gasteiger partial charge in [-0.2, -0.15) is 13.2 Å². The molecule has 0 aromatic carbocycles. The van der Waals surface area contributed by atoms with Crippen LogP contribution in [-0.2, 0) is 13.6 Å². The van der Waals surface area contributed by atoms with Crippen LogP contribution in [0.15, 0.2) is 23.7 Å². The minimum atomic E-state index is -4.18. The number of rotatable bonds is 4. The molecule has 0 fully saturated rings. The molecule has 3 rings (SSSR count). The largest absolute Gasteiger partial charge is 0.389 e. The highest BCUT2D eigenvalue weighted by atomic mass is 32.1. The average Bonchev–Trinajstić information content (AvgIpc) is 3.12. The Morgan fingerprint density at radius 3 is 2.70 bits per heavy atom. The number of hydrogen-bond donors (Lipinski definition) is 0. The second-order valence-corrected chi connectivity index (χ2v) is 6.70. The zero-order valence-corrected chi connectivity index (χ0v) is 14.0. The number of nitrogens with zero attached hydrogens (tertiary/aromatic N) is 3. The van der Waals surface area contributed by atoms with Crippen LogP contribution in [0.3, 0.4) is 0 Å². The molecule has 7 heteroatoms. The molecule has 3 heterocycles. The maximum absolute atomic E-state index is 12.6. The number of fused-ring (bicyclic) bond motifs is 1. The Labute approximate surface area is 136 Å². The minimum absolute atomic E-state index is 0.490. The third-order valence-electron chi connectivity index (χ3n) is 4.07.